The molecule has 0 spiro atoms. The Hall–Kier alpha value is -0.360. The Morgan fingerprint density at radius 2 is 2.50 bits per heavy atom. The average Bonchev–Trinajstić information content (AvgIpc) is 2.20. The van der Waals surface area contributed by atoms with Gasteiger partial charge in [0.1, 0.15) is 0 Å². The van der Waals surface area contributed by atoms with Gasteiger partial charge in [0.2, 0.25) is 0 Å². The predicted octanol–water partition coefficient (Wildman–Crippen LogP) is -0.667. The second kappa shape index (κ2) is 3.16. The van der Waals surface area contributed by atoms with Crippen LogP contribution in [0, 0.1) is 5.21 Å². The third kappa shape index (κ3) is 1.38. The van der Waals surface area contributed by atoms with Crippen molar-refractivity contribution >= 4 is 17.5 Å². The zero-order valence-electron chi connectivity index (χ0n) is 5.13. The molecule has 1 saturated heterocycles. The maximum absolute atomic E-state index is 10.7. The van der Waals surface area contributed by atoms with E-state index in [-0.39, 0.29) is 5.91 Å². The van der Waals surface area contributed by atoms with Gasteiger partial charge >= 0.3 is 0 Å². The molecule has 0 radical (unpaired) electrons. The van der Waals surface area contributed by atoms with Crippen molar-refractivity contribution in [2.75, 3.05) is 5.88 Å². The summed E-state index contributed by atoms with van der Waals surface area (Å²) in [7, 11) is 0. The summed E-state index contributed by atoms with van der Waals surface area (Å²) in [6.45, 7) is 0. The number of nitrogens with one attached hydrogen (secondary N) is 2. The van der Waals surface area contributed by atoms with Crippen LogP contribution in [0.2, 0.25) is 0 Å². The fourth-order valence-corrected chi connectivity index (χ4v) is 0.936. The lowest BCUT2D eigenvalue weighted by Gasteiger charge is -2.24. The summed E-state index contributed by atoms with van der Waals surface area (Å²) in [5.41, 5.74) is 4.29. The summed E-state index contributed by atoms with van der Waals surface area (Å²) >= 11 is 5.34. The summed E-state index contributed by atoms with van der Waals surface area (Å²) in [5, 5.41) is 11.1. The van der Waals surface area contributed by atoms with Crippen LogP contribution in [0.25, 0.3) is 0 Å². The van der Waals surface area contributed by atoms with Crippen molar-refractivity contribution in [3.05, 3.63) is 5.21 Å². The molecule has 6 heteroatoms. The molecule has 5 nitrogen and oxygen atoms in total. The normalized spacial score (nSPS) is 27.0. The lowest BCUT2D eigenvalue weighted by atomic mass is 10.2. The molecule has 2 N–H and O–H groups in total. The van der Waals surface area contributed by atoms with E-state index in [4.69, 9.17) is 11.6 Å². The number of carbonyl (C=O) groups is 1. The SMILES string of the molecule is O=C1NNN([O-])C1CCCl. The minimum absolute atomic E-state index is 0.304. The molecule has 0 saturated carbocycles. The largest absolute Gasteiger partial charge is 0.770 e. The fourth-order valence-electron chi connectivity index (χ4n) is 0.730. The Morgan fingerprint density at radius 1 is 1.80 bits per heavy atom. The summed E-state index contributed by atoms with van der Waals surface area (Å²) in [6.07, 6.45) is 0.365. The van der Waals surface area contributed by atoms with Gasteiger partial charge in [0.25, 0.3) is 5.91 Å². The number of rotatable bonds is 2. The molecule has 1 unspecified atom stereocenters. The van der Waals surface area contributed by atoms with Gasteiger partial charge in [-0.3, -0.25) is 15.4 Å². The van der Waals surface area contributed by atoms with E-state index >= 15 is 0 Å². The Morgan fingerprint density at radius 3 is 2.90 bits per heavy atom. The van der Waals surface area contributed by atoms with Gasteiger partial charge in [0.05, 0.1) is 6.04 Å². The summed E-state index contributed by atoms with van der Waals surface area (Å²) in [5.74, 6) is -0.0194. The number of alkyl halides is 1. The monoisotopic (exact) mass is 164 g/mol. The number of nitrogens with zero attached hydrogens (tertiary/aromatic N) is 1. The van der Waals surface area contributed by atoms with Crippen LogP contribution in [-0.2, 0) is 4.79 Å². The number of hydroxylamine groups is 1. The van der Waals surface area contributed by atoms with E-state index in [0.29, 0.717) is 17.5 Å². The number of carbonyl (C=O) groups excluding carboxylic acids is 1. The third-order valence-electron chi connectivity index (χ3n) is 1.26. The van der Waals surface area contributed by atoms with E-state index in [0.717, 1.165) is 0 Å². The van der Waals surface area contributed by atoms with Crippen molar-refractivity contribution in [3.8, 4) is 0 Å². The highest BCUT2D eigenvalue weighted by atomic mass is 35.5. The maximum atomic E-state index is 10.7. The topological polar surface area (TPSA) is 67.4 Å². The Labute approximate surface area is 62.8 Å². The standard InChI is InChI=1S/C4H7ClN3O2/c5-2-1-3-4(9)6-7-8(3)10/h3,7H,1-2H2,(H,6,9)/q-1. The van der Waals surface area contributed by atoms with Crippen molar-refractivity contribution < 1.29 is 4.79 Å². The van der Waals surface area contributed by atoms with Gasteiger partial charge in [-0.05, 0) is 6.42 Å². The van der Waals surface area contributed by atoms with Gasteiger partial charge in [0.15, 0.2) is 0 Å². The molecule has 0 aromatic carbocycles. The van der Waals surface area contributed by atoms with Gasteiger partial charge in [-0.1, -0.05) is 0 Å². The molecule has 0 aromatic heterocycles. The number of halogens is 1. The van der Waals surface area contributed by atoms with Crippen molar-refractivity contribution in [1.82, 2.24) is 16.1 Å². The fraction of sp³-hybridized carbons (Fsp3) is 0.750. The molecule has 1 aliphatic rings. The van der Waals surface area contributed by atoms with Crippen LogP contribution >= 0.6 is 11.6 Å². The van der Waals surface area contributed by atoms with Crippen molar-refractivity contribution in [1.29, 1.82) is 0 Å². The lowest BCUT2D eigenvalue weighted by molar-refractivity contribution is -0.121. The molecule has 1 amide bonds. The van der Waals surface area contributed by atoms with E-state index in [1.165, 1.54) is 0 Å². The molecule has 1 heterocycles. The second-order valence-electron chi connectivity index (χ2n) is 1.92. The molecular weight excluding hydrogens is 158 g/mol. The first-order chi connectivity index (χ1) is 4.75. The van der Waals surface area contributed by atoms with E-state index in [1.54, 1.807) is 0 Å². The first kappa shape index (κ1) is 7.74. The summed E-state index contributed by atoms with van der Waals surface area (Å²) in [4.78, 5) is 10.7. The second-order valence-corrected chi connectivity index (χ2v) is 2.30. The zero-order chi connectivity index (χ0) is 7.56. The molecule has 0 aromatic rings. The quantitative estimate of drug-likeness (QED) is 0.532. The highest BCUT2D eigenvalue weighted by Gasteiger charge is 2.24. The number of amides is 1. The minimum Gasteiger partial charge on any atom is -0.770 e. The first-order valence-corrected chi connectivity index (χ1v) is 3.37. The smallest absolute Gasteiger partial charge is 0.252 e. The van der Waals surface area contributed by atoms with Gasteiger partial charge < -0.3 is 5.21 Å². The molecule has 1 atom stereocenters. The zero-order valence-corrected chi connectivity index (χ0v) is 5.89. The number of hydrogen-bond donors (Lipinski definition) is 2. The lowest BCUT2D eigenvalue weighted by Crippen LogP contribution is -2.34. The van der Waals surface area contributed by atoms with Crippen LogP contribution < -0.4 is 11.0 Å². The van der Waals surface area contributed by atoms with Crippen LogP contribution in [0.5, 0.6) is 0 Å². The number of hydrazine groups is 2. The molecule has 1 rings (SSSR count). The summed E-state index contributed by atoms with van der Waals surface area (Å²) in [6, 6.07) is -0.669. The molecule has 1 aliphatic heterocycles. The molecular formula is C4H7ClN3O2-. The predicted molar refractivity (Wildman–Crippen MR) is 35.6 cm³/mol. The summed E-state index contributed by atoms with van der Waals surface area (Å²) < 4.78 is 0. The van der Waals surface area contributed by atoms with E-state index < -0.39 is 6.04 Å². The first-order valence-electron chi connectivity index (χ1n) is 2.83. The van der Waals surface area contributed by atoms with Crippen LogP contribution in [0.15, 0.2) is 0 Å². The van der Waals surface area contributed by atoms with Crippen molar-refractivity contribution in [2.24, 2.45) is 0 Å². The average molecular weight is 165 g/mol. The van der Waals surface area contributed by atoms with Crippen molar-refractivity contribution in [3.63, 3.8) is 0 Å². The van der Waals surface area contributed by atoms with Crippen molar-refractivity contribution in [2.45, 2.75) is 12.5 Å². The van der Waals surface area contributed by atoms with E-state index in [2.05, 4.69) is 11.0 Å². The van der Waals surface area contributed by atoms with Crippen LogP contribution in [0.1, 0.15) is 6.42 Å². The Balaban J connectivity index is 2.46. The molecule has 0 bridgehead atoms. The Bertz CT molecular complexity index is 142. The van der Waals surface area contributed by atoms with Gasteiger partial charge in [-0.15, -0.1) is 11.6 Å². The van der Waals surface area contributed by atoms with Gasteiger partial charge in [0, 0.05) is 5.88 Å². The minimum atomic E-state index is -0.669. The van der Waals surface area contributed by atoms with Crippen LogP contribution in [0.4, 0.5) is 0 Å². The van der Waals surface area contributed by atoms with Gasteiger partial charge in [-0.25, -0.2) is 0 Å². The highest BCUT2D eigenvalue weighted by molar-refractivity contribution is 6.18. The molecule has 0 aliphatic carbocycles. The Kier molecular flexibility index (Phi) is 2.44. The molecule has 1 fully saturated rings. The van der Waals surface area contributed by atoms with Crippen LogP contribution in [-0.4, -0.2) is 23.0 Å². The molecule has 58 valence electrons. The molecule has 10 heavy (non-hydrogen) atoms. The van der Waals surface area contributed by atoms with E-state index in [1.807, 2.05) is 0 Å². The number of hydrogen-bond acceptors (Lipinski definition) is 4. The highest BCUT2D eigenvalue weighted by Crippen LogP contribution is 2.05. The third-order valence-corrected chi connectivity index (χ3v) is 1.48. The van der Waals surface area contributed by atoms with Gasteiger partial charge in [-0.2, -0.15) is 5.53 Å². The van der Waals surface area contributed by atoms with Crippen LogP contribution in [0.3, 0.4) is 0 Å². The van der Waals surface area contributed by atoms with E-state index in [9.17, 15) is 10.0 Å². The maximum Gasteiger partial charge on any atom is 0.252 e.